The molecule has 0 spiro atoms. The minimum atomic E-state index is 0.261. The van der Waals surface area contributed by atoms with Gasteiger partial charge in [0.15, 0.2) is 17.3 Å². The van der Waals surface area contributed by atoms with Crippen molar-refractivity contribution in [1.29, 1.82) is 0 Å². The van der Waals surface area contributed by atoms with Gasteiger partial charge in [-0.2, -0.15) is 0 Å². The molecule has 3 atom stereocenters. The second kappa shape index (κ2) is 7.39. The number of rotatable bonds is 6. The van der Waals surface area contributed by atoms with Gasteiger partial charge in [-0.25, -0.2) is 4.98 Å². The van der Waals surface area contributed by atoms with Crippen molar-refractivity contribution in [3.63, 3.8) is 0 Å². The number of hydrogen-bond donors (Lipinski definition) is 0. The Morgan fingerprint density at radius 3 is 2.90 bits per heavy atom. The van der Waals surface area contributed by atoms with Crippen LogP contribution in [0.25, 0.3) is 11.6 Å². The summed E-state index contributed by atoms with van der Waals surface area (Å²) in [4.78, 5) is 6.74. The van der Waals surface area contributed by atoms with Crippen LogP contribution in [0.3, 0.4) is 0 Å². The molecule has 1 saturated carbocycles. The van der Waals surface area contributed by atoms with Gasteiger partial charge in [0.25, 0.3) is 0 Å². The van der Waals surface area contributed by atoms with Crippen LogP contribution < -0.4 is 0 Å². The summed E-state index contributed by atoms with van der Waals surface area (Å²) >= 11 is 8.36. The van der Waals surface area contributed by atoms with Crippen molar-refractivity contribution in [1.82, 2.24) is 24.6 Å². The number of hydrogen-bond acceptors (Lipinski definition) is 6. The number of piperidine rings is 1. The van der Waals surface area contributed by atoms with Gasteiger partial charge in [-0.15, -0.1) is 10.2 Å². The van der Waals surface area contributed by atoms with E-state index < -0.39 is 0 Å². The van der Waals surface area contributed by atoms with Gasteiger partial charge in [0.05, 0.1) is 5.69 Å². The van der Waals surface area contributed by atoms with Gasteiger partial charge in [-0.1, -0.05) is 42.4 Å². The van der Waals surface area contributed by atoms with E-state index in [1.54, 1.807) is 11.8 Å². The molecule has 0 radical (unpaired) electrons. The van der Waals surface area contributed by atoms with Gasteiger partial charge < -0.3 is 13.9 Å². The summed E-state index contributed by atoms with van der Waals surface area (Å²) in [5.74, 6) is 2.13. The lowest BCUT2D eigenvalue weighted by molar-refractivity contribution is 0.302. The Bertz CT molecular complexity index is 1100. The summed E-state index contributed by atoms with van der Waals surface area (Å²) in [5, 5.41) is 10.9. The van der Waals surface area contributed by atoms with Crippen LogP contribution in [0.5, 0.6) is 0 Å². The fraction of sp³-hybridized carbons (Fsp3) is 0.500. The summed E-state index contributed by atoms with van der Waals surface area (Å²) in [6.45, 7) is 9.53. The number of likely N-dealkylation sites (tertiary alicyclic amines) is 1. The first-order valence-electron chi connectivity index (χ1n) is 10.3. The van der Waals surface area contributed by atoms with Crippen LogP contribution >= 0.6 is 23.4 Å². The zero-order chi connectivity index (χ0) is 21.0. The molecule has 1 aliphatic heterocycles. The molecule has 2 aliphatic rings. The smallest absolute Gasteiger partial charge is 0.202 e. The van der Waals surface area contributed by atoms with Gasteiger partial charge in [-0.3, -0.25) is 0 Å². The molecule has 0 bridgehead atoms. The number of fused-ring (bicyclic) bond motifs is 1. The zero-order valence-electron chi connectivity index (χ0n) is 17.7. The lowest BCUT2D eigenvalue weighted by Crippen LogP contribution is -2.32. The number of halogens is 1. The summed E-state index contributed by atoms with van der Waals surface area (Å²) in [6.07, 6.45) is 2.71. The van der Waals surface area contributed by atoms with E-state index >= 15 is 0 Å². The molecule has 2 aromatic heterocycles. The largest absolute Gasteiger partial charge is 0.440 e. The Balaban J connectivity index is 1.24. The monoisotopic (exact) mass is 443 g/mol. The Morgan fingerprint density at radius 2 is 2.17 bits per heavy atom. The summed E-state index contributed by atoms with van der Waals surface area (Å²) in [6, 6.07) is 6.53. The van der Waals surface area contributed by atoms with Crippen molar-refractivity contribution in [3.8, 4) is 11.6 Å². The predicted molar refractivity (Wildman–Crippen MR) is 119 cm³/mol. The summed E-state index contributed by atoms with van der Waals surface area (Å²) in [5.41, 5.74) is 3.65. The van der Waals surface area contributed by atoms with Crippen LogP contribution in [-0.4, -0.2) is 49.5 Å². The van der Waals surface area contributed by atoms with Gasteiger partial charge in [0.2, 0.25) is 5.82 Å². The molecule has 1 aromatic carbocycles. The van der Waals surface area contributed by atoms with Crippen molar-refractivity contribution in [3.05, 3.63) is 46.4 Å². The van der Waals surface area contributed by atoms with E-state index in [1.807, 2.05) is 18.5 Å². The summed E-state index contributed by atoms with van der Waals surface area (Å²) in [7, 11) is 1.98. The SMILES string of the molecule is Cc1ccc(C23CC2CN(CC(C)Sc2nnc(-c4ocnc4C)n2C)C3)c(Cl)c1. The lowest BCUT2D eigenvalue weighted by atomic mass is 9.94. The molecule has 3 aromatic rings. The maximum Gasteiger partial charge on any atom is 0.202 e. The fourth-order valence-electron chi connectivity index (χ4n) is 4.88. The molecule has 3 unspecified atom stereocenters. The first-order valence-corrected chi connectivity index (χ1v) is 11.6. The van der Waals surface area contributed by atoms with Gasteiger partial charge in [0, 0.05) is 42.4 Å². The second-order valence-corrected chi connectivity index (χ2v) is 10.6. The highest BCUT2D eigenvalue weighted by atomic mass is 35.5. The van der Waals surface area contributed by atoms with Crippen molar-refractivity contribution < 1.29 is 4.42 Å². The standard InChI is InChI=1S/C22H26ClN5OS/c1-13-5-6-17(18(23)7-13)22-8-16(22)10-28(11-22)9-14(2)30-21-26-25-20(27(21)4)19-15(3)24-12-29-19/h5-7,12,14,16H,8-11H2,1-4H3. The van der Waals surface area contributed by atoms with E-state index in [-0.39, 0.29) is 5.41 Å². The van der Waals surface area contributed by atoms with Crippen molar-refractivity contribution in [2.24, 2.45) is 13.0 Å². The molecule has 3 heterocycles. The molecule has 158 valence electrons. The van der Waals surface area contributed by atoms with Crippen molar-refractivity contribution in [2.75, 3.05) is 19.6 Å². The van der Waals surface area contributed by atoms with E-state index in [0.717, 1.165) is 47.2 Å². The lowest BCUT2D eigenvalue weighted by Gasteiger charge is -2.24. The van der Waals surface area contributed by atoms with Gasteiger partial charge >= 0.3 is 0 Å². The third-order valence-electron chi connectivity index (χ3n) is 6.48. The number of oxazole rings is 1. The molecule has 6 nitrogen and oxygen atoms in total. The molecule has 2 fully saturated rings. The first kappa shape index (κ1) is 20.1. The molecular weight excluding hydrogens is 418 g/mol. The Kier molecular flexibility index (Phi) is 4.95. The Hall–Kier alpha value is -1.83. The number of nitrogens with zero attached hydrogens (tertiary/aromatic N) is 5. The quantitative estimate of drug-likeness (QED) is 0.523. The second-order valence-electron chi connectivity index (χ2n) is 8.80. The number of benzene rings is 1. The van der Waals surface area contributed by atoms with Crippen LogP contribution in [0, 0.1) is 19.8 Å². The molecule has 30 heavy (non-hydrogen) atoms. The Labute approximate surface area is 186 Å². The highest BCUT2D eigenvalue weighted by molar-refractivity contribution is 7.99. The van der Waals surface area contributed by atoms with E-state index in [9.17, 15) is 0 Å². The fourth-order valence-corrected chi connectivity index (χ4v) is 6.28. The van der Waals surface area contributed by atoms with Gasteiger partial charge in [-0.05, 0) is 43.4 Å². The van der Waals surface area contributed by atoms with Crippen molar-refractivity contribution in [2.45, 2.75) is 43.0 Å². The number of aromatic nitrogens is 4. The van der Waals surface area contributed by atoms with Crippen molar-refractivity contribution >= 4 is 23.4 Å². The molecule has 0 N–H and O–H groups in total. The molecule has 1 aliphatic carbocycles. The highest BCUT2D eigenvalue weighted by Crippen LogP contribution is 2.60. The first-order chi connectivity index (χ1) is 14.4. The minimum absolute atomic E-state index is 0.261. The predicted octanol–water partition coefficient (Wildman–Crippen LogP) is 4.49. The van der Waals surface area contributed by atoms with Crippen LogP contribution in [-0.2, 0) is 12.5 Å². The van der Waals surface area contributed by atoms with E-state index in [0.29, 0.717) is 11.0 Å². The highest BCUT2D eigenvalue weighted by Gasteiger charge is 2.61. The minimum Gasteiger partial charge on any atom is -0.440 e. The molecule has 0 amide bonds. The zero-order valence-corrected chi connectivity index (χ0v) is 19.3. The molecular formula is C22H26ClN5OS. The maximum atomic E-state index is 6.61. The van der Waals surface area contributed by atoms with Crippen LogP contribution in [0.15, 0.2) is 34.2 Å². The van der Waals surface area contributed by atoms with Crippen LogP contribution in [0.2, 0.25) is 5.02 Å². The van der Waals surface area contributed by atoms with Crippen LogP contribution in [0.4, 0.5) is 0 Å². The molecule has 1 saturated heterocycles. The Morgan fingerprint density at radius 1 is 1.33 bits per heavy atom. The van der Waals surface area contributed by atoms with E-state index in [2.05, 4.69) is 52.1 Å². The number of thioether (sulfide) groups is 1. The topological polar surface area (TPSA) is 60.0 Å². The third-order valence-corrected chi connectivity index (χ3v) is 7.91. The number of aryl methyl sites for hydroxylation is 2. The molecule has 8 heteroatoms. The molecule has 5 rings (SSSR count). The van der Waals surface area contributed by atoms with E-state index in [1.165, 1.54) is 23.9 Å². The average Bonchev–Trinajstić information content (AvgIpc) is 2.98. The third kappa shape index (κ3) is 3.37. The maximum absolute atomic E-state index is 6.61. The summed E-state index contributed by atoms with van der Waals surface area (Å²) < 4.78 is 7.47. The average molecular weight is 444 g/mol. The van der Waals surface area contributed by atoms with Gasteiger partial charge in [0.1, 0.15) is 0 Å². The normalized spacial score (nSPS) is 24.2. The van der Waals surface area contributed by atoms with Crippen LogP contribution in [0.1, 0.15) is 30.2 Å². The van der Waals surface area contributed by atoms with E-state index in [4.69, 9.17) is 16.0 Å².